The van der Waals surface area contributed by atoms with Gasteiger partial charge in [-0.15, -0.1) is 0 Å². The van der Waals surface area contributed by atoms with E-state index < -0.39 is 43.4 Å². The summed E-state index contributed by atoms with van der Waals surface area (Å²) in [7, 11) is 0. The Bertz CT molecular complexity index is 460. The summed E-state index contributed by atoms with van der Waals surface area (Å²) in [6.45, 7) is 4.10. The third-order valence-corrected chi connectivity index (χ3v) is 5.24. The Kier molecular flexibility index (Phi) is 15.3. The van der Waals surface area contributed by atoms with E-state index in [-0.39, 0.29) is 25.6 Å². The van der Waals surface area contributed by atoms with Crippen LogP contribution in [0.2, 0.25) is 0 Å². The molecule has 184 valence electrons. The minimum atomic E-state index is -1.52. The second kappa shape index (κ2) is 16.8. The molecular formula is C22H42O9. The number of unbranched alkanes of at least 4 members (excludes halogenated alkanes) is 6. The number of ether oxygens (including phenoxy) is 4. The van der Waals surface area contributed by atoms with Crippen LogP contribution in [-0.2, 0) is 23.7 Å². The molecule has 9 heteroatoms. The normalized spacial score (nSPS) is 27.2. The lowest BCUT2D eigenvalue weighted by atomic mass is 9.99. The minimum absolute atomic E-state index is 0.116. The van der Waals surface area contributed by atoms with Crippen molar-refractivity contribution in [1.29, 1.82) is 0 Å². The highest BCUT2D eigenvalue weighted by Gasteiger charge is 2.44. The fraction of sp³-hybridized carbons (Fsp3) is 0.955. The molecule has 0 aromatic rings. The van der Waals surface area contributed by atoms with E-state index in [4.69, 9.17) is 18.9 Å². The van der Waals surface area contributed by atoms with Gasteiger partial charge in [0.05, 0.1) is 19.8 Å². The van der Waals surface area contributed by atoms with Crippen molar-refractivity contribution in [3.05, 3.63) is 0 Å². The monoisotopic (exact) mass is 450 g/mol. The van der Waals surface area contributed by atoms with E-state index in [1.54, 1.807) is 0 Å². The summed E-state index contributed by atoms with van der Waals surface area (Å²) in [6, 6.07) is 0. The minimum Gasteiger partial charge on any atom is -0.457 e. The number of carbonyl (C=O) groups is 1. The van der Waals surface area contributed by atoms with Crippen molar-refractivity contribution in [2.45, 2.75) is 108 Å². The molecule has 1 fully saturated rings. The van der Waals surface area contributed by atoms with Crippen LogP contribution >= 0.6 is 0 Å². The Hall–Kier alpha value is -0.810. The van der Waals surface area contributed by atoms with Gasteiger partial charge in [-0.2, -0.15) is 0 Å². The molecule has 6 atom stereocenters. The number of aliphatic hydroxyl groups is 4. The maximum atomic E-state index is 11.9. The zero-order valence-corrected chi connectivity index (χ0v) is 19.0. The molecule has 9 nitrogen and oxygen atoms in total. The van der Waals surface area contributed by atoms with Crippen molar-refractivity contribution < 1.29 is 44.2 Å². The van der Waals surface area contributed by atoms with Gasteiger partial charge in [-0.1, -0.05) is 52.4 Å². The first-order valence-electron chi connectivity index (χ1n) is 11.6. The molecule has 0 aromatic carbocycles. The van der Waals surface area contributed by atoms with E-state index in [0.29, 0.717) is 13.0 Å². The third kappa shape index (κ3) is 11.1. The van der Waals surface area contributed by atoms with Gasteiger partial charge in [-0.3, -0.25) is 4.79 Å². The van der Waals surface area contributed by atoms with Crippen LogP contribution in [0.4, 0.5) is 0 Å². The molecule has 1 aliphatic heterocycles. The third-order valence-electron chi connectivity index (χ3n) is 5.24. The van der Waals surface area contributed by atoms with E-state index >= 15 is 0 Å². The molecular weight excluding hydrogens is 408 g/mol. The fourth-order valence-electron chi connectivity index (χ4n) is 3.35. The molecule has 0 spiro atoms. The number of carbonyl (C=O) groups excluding carboxylic acids is 1. The van der Waals surface area contributed by atoms with E-state index in [2.05, 4.69) is 6.92 Å². The zero-order chi connectivity index (χ0) is 23.1. The molecule has 1 rings (SSSR count). The summed E-state index contributed by atoms with van der Waals surface area (Å²) >= 11 is 0. The lowest BCUT2D eigenvalue weighted by Gasteiger charge is -2.39. The van der Waals surface area contributed by atoms with Gasteiger partial charge in [-0.05, 0) is 12.8 Å². The SMILES string of the molecule is CCCCCCCCCOCC(COC1OC(CO)C(O)C(O)C1O)OC(=O)CCC. The van der Waals surface area contributed by atoms with Crippen LogP contribution in [0.3, 0.4) is 0 Å². The summed E-state index contributed by atoms with van der Waals surface area (Å²) < 4.78 is 21.9. The standard InChI is InChI=1S/C22H42O9/c1-3-5-6-7-8-9-10-12-28-14-16(30-18(24)11-4-2)15-29-22-21(27)20(26)19(25)17(13-23)31-22/h16-17,19-23,25-27H,3-15H2,1-2H3. The van der Waals surface area contributed by atoms with Gasteiger partial charge >= 0.3 is 5.97 Å². The van der Waals surface area contributed by atoms with Crippen LogP contribution in [0, 0.1) is 0 Å². The Balaban J connectivity index is 2.42. The predicted octanol–water partition coefficient (Wildman–Crippen LogP) is 1.28. The summed E-state index contributed by atoms with van der Waals surface area (Å²) in [5.41, 5.74) is 0. The van der Waals surface area contributed by atoms with E-state index in [1.807, 2.05) is 6.92 Å². The maximum absolute atomic E-state index is 11.9. The molecule has 0 radical (unpaired) electrons. The van der Waals surface area contributed by atoms with Crippen LogP contribution in [0.1, 0.15) is 71.6 Å². The second-order valence-corrected chi connectivity index (χ2v) is 8.09. The van der Waals surface area contributed by atoms with Crippen molar-refractivity contribution in [3.63, 3.8) is 0 Å². The molecule has 0 aromatic heterocycles. The molecule has 6 unspecified atom stereocenters. The van der Waals surface area contributed by atoms with Gasteiger partial charge < -0.3 is 39.4 Å². The first-order chi connectivity index (χ1) is 14.9. The number of aliphatic hydroxyl groups excluding tert-OH is 4. The summed E-state index contributed by atoms with van der Waals surface area (Å²) in [6.07, 6.45) is 1.61. The maximum Gasteiger partial charge on any atom is 0.306 e. The molecule has 31 heavy (non-hydrogen) atoms. The van der Waals surface area contributed by atoms with Gasteiger partial charge in [-0.25, -0.2) is 0 Å². The van der Waals surface area contributed by atoms with Gasteiger partial charge in [0.1, 0.15) is 30.5 Å². The van der Waals surface area contributed by atoms with Gasteiger partial charge in [0.15, 0.2) is 6.29 Å². The zero-order valence-electron chi connectivity index (χ0n) is 19.0. The van der Waals surface area contributed by atoms with Crippen LogP contribution in [0.15, 0.2) is 0 Å². The van der Waals surface area contributed by atoms with Crippen molar-refractivity contribution in [3.8, 4) is 0 Å². The number of rotatable bonds is 17. The van der Waals surface area contributed by atoms with E-state index in [9.17, 15) is 25.2 Å². The van der Waals surface area contributed by atoms with E-state index in [0.717, 1.165) is 12.8 Å². The summed E-state index contributed by atoms with van der Waals surface area (Å²) in [5.74, 6) is -0.371. The summed E-state index contributed by atoms with van der Waals surface area (Å²) in [4.78, 5) is 11.9. The lowest BCUT2D eigenvalue weighted by Crippen LogP contribution is -2.59. The van der Waals surface area contributed by atoms with Crippen LogP contribution in [-0.4, -0.2) is 89.6 Å². The topological polar surface area (TPSA) is 135 Å². The molecule has 1 saturated heterocycles. The highest BCUT2D eigenvalue weighted by Crippen LogP contribution is 2.22. The molecule has 0 amide bonds. The Morgan fingerprint density at radius 2 is 1.58 bits per heavy atom. The summed E-state index contributed by atoms with van der Waals surface area (Å²) in [5, 5.41) is 39.0. The van der Waals surface area contributed by atoms with Crippen molar-refractivity contribution in [2.75, 3.05) is 26.4 Å². The average molecular weight is 451 g/mol. The molecule has 4 N–H and O–H groups in total. The number of esters is 1. The van der Waals surface area contributed by atoms with Crippen LogP contribution < -0.4 is 0 Å². The van der Waals surface area contributed by atoms with Crippen molar-refractivity contribution in [2.24, 2.45) is 0 Å². The average Bonchev–Trinajstić information content (AvgIpc) is 2.75. The van der Waals surface area contributed by atoms with Gasteiger partial charge in [0.25, 0.3) is 0 Å². The molecule has 1 aliphatic rings. The Morgan fingerprint density at radius 3 is 2.23 bits per heavy atom. The van der Waals surface area contributed by atoms with Gasteiger partial charge in [0, 0.05) is 13.0 Å². The first-order valence-corrected chi connectivity index (χ1v) is 11.6. The fourth-order valence-corrected chi connectivity index (χ4v) is 3.35. The Labute approximate surface area is 185 Å². The second-order valence-electron chi connectivity index (χ2n) is 8.09. The molecule has 0 aliphatic carbocycles. The number of hydrogen-bond donors (Lipinski definition) is 4. The highest BCUT2D eigenvalue weighted by molar-refractivity contribution is 5.69. The van der Waals surface area contributed by atoms with Crippen molar-refractivity contribution in [1.82, 2.24) is 0 Å². The lowest BCUT2D eigenvalue weighted by molar-refractivity contribution is -0.305. The van der Waals surface area contributed by atoms with Crippen LogP contribution in [0.5, 0.6) is 0 Å². The molecule has 1 heterocycles. The highest BCUT2D eigenvalue weighted by atomic mass is 16.7. The predicted molar refractivity (Wildman–Crippen MR) is 113 cm³/mol. The molecule has 0 saturated carbocycles. The quantitative estimate of drug-likeness (QED) is 0.191. The number of hydrogen-bond acceptors (Lipinski definition) is 9. The Morgan fingerprint density at radius 1 is 0.903 bits per heavy atom. The van der Waals surface area contributed by atoms with Gasteiger partial charge in [0.2, 0.25) is 0 Å². The van der Waals surface area contributed by atoms with E-state index in [1.165, 1.54) is 32.1 Å². The van der Waals surface area contributed by atoms with Crippen molar-refractivity contribution >= 4 is 5.97 Å². The molecule has 0 bridgehead atoms. The smallest absolute Gasteiger partial charge is 0.306 e. The van der Waals surface area contributed by atoms with Crippen LogP contribution in [0.25, 0.3) is 0 Å². The first kappa shape index (κ1) is 28.2. The largest absolute Gasteiger partial charge is 0.457 e.